The van der Waals surface area contributed by atoms with Crippen molar-refractivity contribution >= 4 is 35.8 Å². The van der Waals surface area contributed by atoms with Gasteiger partial charge in [-0.1, -0.05) is 18.2 Å². The summed E-state index contributed by atoms with van der Waals surface area (Å²) in [6.45, 7) is 7.58. The number of guanidine groups is 1. The predicted molar refractivity (Wildman–Crippen MR) is 142 cm³/mol. The Morgan fingerprint density at radius 2 is 1.67 bits per heavy atom. The first-order valence-corrected chi connectivity index (χ1v) is 10.8. The smallest absolute Gasteiger partial charge is 0.239 e. The second-order valence-electron chi connectivity index (χ2n) is 6.99. The van der Waals surface area contributed by atoms with Crippen molar-refractivity contribution in [1.29, 1.82) is 0 Å². The fourth-order valence-electron chi connectivity index (χ4n) is 2.99. The Kier molecular flexibility index (Phi) is 13.1. The van der Waals surface area contributed by atoms with E-state index in [-0.39, 0.29) is 42.5 Å². The number of hydrogen-bond donors (Lipinski definition) is 3. The van der Waals surface area contributed by atoms with Gasteiger partial charge in [0.2, 0.25) is 5.91 Å². The van der Waals surface area contributed by atoms with Crippen LogP contribution < -0.4 is 30.2 Å². The van der Waals surface area contributed by atoms with Crippen molar-refractivity contribution < 1.29 is 19.0 Å². The van der Waals surface area contributed by atoms with E-state index < -0.39 is 0 Å². The van der Waals surface area contributed by atoms with Crippen LogP contribution in [0.2, 0.25) is 0 Å². The third-order valence-electron chi connectivity index (χ3n) is 4.71. The summed E-state index contributed by atoms with van der Waals surface area (Å²) < 4.78 is 16.5. The molecular formula is C24H35IN4O4. The van der Waals surface area contributed by atoms with Crippen molar-refractivity contribution in [2.45, 2.75) is 33.4 Å². The van der Waals surface area contributed by atoms with E-state index in [9.17, 15) is 4.79 Å². The molecule has 182 valence electrons. The van der Waals surface area contributed by atoms with Crippen molar-refractivity contribution in [2.24, 2.45) is 4.99 Å². The summed E-state index contributed by atoms with van der Waals surface area (Å²) in [5.41, 5.74) is 2.01. The summed E-state index contributed by atoms with van der Waals surface area (Å²) in [7, 11) is 3.29. The molecule has 0 saturated heterocycles. The molecule has 8 nitrogen and oxygen atoms in total. The molecule has 3 N–H and O–H groups in total. The molecule has 0 radical (unpaired) electrons. The van der Waals surface area contributed by atoms with Crippen LogP contribution in [0.15, 0.2) is 47.5 Å². The van der Waals surface area contributed by atoms with E-state index in [0.717, 1.165) is 22.6 Å². The van der Waals surface area contributed by atoms with Crippen LogP contribution in [0.1, 0.15) is 37.9 Å². The third-order valence-corrected chi connectivity index (χ3v) is 4.71. The SMILES string of the molecule is CCOc1ccc(C(C)NC(=NC)NCC(=O)NCc2ccc(OC)cc2)cc1OCC.I. The highest BCUT2D eigenvalue weighted by Crippen LogP contribution is 2.30. The Bertz CT molecular complexity index is 891. The van der Waals surface area contributed by atoms with Gasteiger partial charge in [-0.2, -0.15) is 0 Å². The third kappa shape index (κ3) is 9.37. The zero-order valence-electron chi connectivity index (χ0n) is 19.9. The van der Waals surface area contributed by atoms with Gasteiger partial charge in [0.15, 0.2) is 17.5 Å². The molecule has 0 aliphatic carbocycles. The molecule has 1 amide bonds. The van der Waals surface area contributed by atoms with Crippen LogP contribution in [-0.2, 0) is 11.3 Å². The van der Waals surface area contributed by atoms with Crippen molar-refractivity contribution in [1.82, 2.24) is 16.0 Å². The summed E-state index contributed by atoms with van der Waals surface area (Å²) in [6.07, 6.45) is 0. The molecular weight excluding hydrogens is 535 g/mol. The zero-order valence-corrected chi connectivity index (χ0v) is 22.3. The van der Waals surface area contributed by atoms with Gasteiger partial charge in [0.1, 0.15) is 5.75 Å². The number of benzene rings is 2. The van der Waals surface area contributed by atoms with Crippen molar-refractivity contribution in [3.05, 3.63) is 53.6 Å². The summed E-state index contributed by atoms with van der Waals surface area (Å²) in [5, 5.41) is 9.23. The number of ether oxygens (including phenoxy) is 3. The van der Waals surface area contributed by atoms with Crippen LogP contribution in [0.5, 0.6) is 17.2 Å². The highest BCUT2D eigenvalue weighted by molar-refractivity contribution is 14.0. The topological polar surface area (TPSA) is 93.2 Å². The van der Waals surface area contributed by atoms with Crippen LogP contribution in [0, 0.1) is 0 Å². The van der Waals surface area contributed by atoms with Gasteiger partial charge in [-0.05, 0) is 56.2 Å². The molecule has 33 heavy (non-hydrogen) atoms. The molecule has 0 aromatic heterocycles. The number of carbonyl (C=O) groups is 1. The molecule has 0 heterocycles. The first kappa shape index (κ1) is 28.3. The van der Waals surface area contributed by atoms with Crippen molar-refractivity contribution in [3.8, 4) is 17.2 Å². The number of nitrogens with one attached hydrogen (secondary N) is 3. The molecule has 0 aliphatic heterocycles. The predicted octanol–water partition coefficient (Wildman–Crippen LogP) is 3.65. The average Bonchev–Trinajstić information content (AvgIpc) is 2.81. The molecule has 2 aromatic carbocycles. The van der Waals surface area contributed by atoms with Gasteiger partial charge in [0, 0.05) is 13.6 Å². The fraction of sp³-hybridized carbons (Fsp3) is 0.417. The number of amides is 1. The fourth-order valence-corrected chi connectivity index (χ4v) is 2.99. The molecule has 0 bridgehead atoms. The summed E-state index contributed by atoms with van der Waals surface area (Å²) >= 11 is 0. The van der Waals surface area contributed by atoms with E-state index in [0.29, 0.717) is 31.5 Å². The Labute approximate surface area is 213 Å². The lowest BCUT2D eigenvalue weighted by molar-refractivity contribution is -0.120. The van der Waals surface area contributed by atoms with Crippen LogP contribution in [0.4, 0.5) is 0 Å². The number of hydrogen-bond acceptors (Lipinski definition) is 5. The maximum absolute atomic E-state index is 12.2. The summed E-state index contributed by atoms with van der Waals surface area (Å²) in [5.74, 6) is 2.62. The lowest BCUT2D eigenvalue weighted by atomic mass is 10.1. The second kappa shape index (κ2) is 15.2. The number of carbonyl (C=O) groups excluding carboxylic acids is 1. The van der Waals surface area contributed by atoms with Crippen LogP contribution in [0.3, 0.4) is 0 Å². The Morgan fingerprint density at radius 1 is 1.00 bits per heavy atom. The van der Waals surface area contributed by atoms with E-state index in [2.05, 4.69) is 20.9 Å². The van der Waals surface area contributed by atoms with Gasteiger partial charge in [0.25, 0.3) is 0 Å². The number of aliphatic imine (C=N–C) groups is 1. The molecule has 0 spiro atoms. The van der Waals surface area contributed by atoms with E-state index in [1.807, 2.05) is 63.2 Å². The normalized spacial score (nSPS) is 11.6. The molecule has 0 aliphatic rings. The van der Waals surface area contributed by atoms with E-state index >= 15 is 0 Å². The Morgan fingerprint density at radius 3 is 2.27 bits per heavy atom. The van der Waals surface area contributed by atoms with Gasteiger partial charge >= 0.3 is 0 Å². The number of halogens is 1. The van der Waals surface area contributed by atoms with Gasteiger partial charge in [-0.3, -0.25) is 9.79 Å². The molecule has 0 fully saturated rings. The monoisotopic (exact) mass is 570 g/mol. The average molecular weight is 570 g/mol. The van der Waals surface area contributed by atoms with Gasteiger partial charge < -0.3 is 30.2 Å². The molecule has 9 heteroatoms. The molecule has 2 rings (SSSR count). The molecule has 1 unspecified atom stereocenters. The Balaban J connectivity index is 0.00000544. The van der Waals surface area contributed by atoms with Crippen LogP contribution in [0.25, 0.3) is 0 Å². The van der Waals surface area contributed by atoms with E-state index in [1.165, 1.54) is 0 Å². The van der Waals surface area contributed by atoms with Gasteiger partial charge in [-0.25, -0.2) is 0 Å². The summed E-state index contributed by atoms with van der Waals surface area (Å²) in [6, 6.07) is 13.4. The largest absolute Gasteiger partial charge is 0.497 e. The van der Waals surface area contributed by atoms with Gasteiger partial charge in [-0.15, -0.1) is 24.0 Å². The van der Waals surface area contributed by atoms with Crippen LogP contribution in [-0.4, -0.2) is 45.8 Å². The first-order valence-electron chi connectivity index (χ1n) is 10.8. The zero-order chi connectivity index (χ0) is 23.3. The lowest BCUT2D eigenvalue weighted by Crippen LogP contribution is -2.43. The second-order valence-corrected chi connectivity index (χ2v) is 6.99. The number of nitrogens with zero attached hydrogens (tertiary/aromatic N) is 1. The highest BCUT2D eigenvalue weighted by Gasteiger charge is 2.13. The van der Waals surface area contributed by atoms with Crippen molar-refractivity contribution in [3.63, 3.8) is 0 Å². The van der Waals surface area contributed by atoms with Crippen molar-refractivity contribution in [2.75, 3.05) is 33.9 Å². The maximum Gasteiger partial charge on any atom is 0.239 e. The Hall–Kier alpha value is -2.69. The molecule has 0 saturated carbocycles. The number of methoxy groups -OCH3 is 1. The van der Waals surface area contributed by atoms with E-state index in [4.69, 9.17) is 14.2 Å². The first-order chi connectivity index (χ1) is 15.5. The van der Waals surface area contributed by atoms with Gasteiger partial charge in [0.05, 0.1) is 32.9 Å². The molecule has 2 aromatic rings. The quantitative estimate of drug-likeness (QED) is 0.217. The van der Waals surface area contributed by atoms with E-state index in [1.54, 1.807) is 14.2 Å². The standard InChI is InChI=1S/C24H34N4O4.HI/c1-6-31-21-13-10-19(14-22(21)32-7-2)17(3)28-24(25-4)27-16-23(29)26-15-18-8-11-20(30-5)12-9-18;/h8-14,17H,6-7,15-16H2,1-5H3,(H,26,29)(H2,25,27,28);1H. The highest BCUT2D eigenvalue weighted by atomic mass is 127. The number of rotatable bonds is 11. The van der Waals surface area contributed by atoms with Crippen LogP contribution >= 0.6 is 24.0 Å². The maximum atomic E-state index is 12.2. The lowest BCUT2D eigenvalue weighted by Gasteiger charge is -2.20. The minimum Gasteiger partial charge on any atom is -0.497 e. The summed E-state index contributed by atoms with van der Waals surface area (Å²) in [4.78, 5) is 16.4. The minimum atomic E-state index is -0.129. The minimum absolute atomic E-state index is 0. The molecule has 1 atom stereocenters.